The van der Waals surface area contributed by atoms with Crippen molar-refractivity contribution < 1.29 is 4.92 Å². The minimum absolute atomic E-state index is 0.142. The lowest BCUT2D eigenvalue weighted by atomic mass is 10.2. The summed E-state index contributed by atoms with van der Waals surface area (Å²) >= 11 is 0. The average molecular weight is 290 g/mol. The van der Waals surface area contributed by atoms with Crippen LogP contribution in [0.5, 0.6) is 0 Å². The second kappa shape index (κ2) is 5.50. The first-order valence-electron chi connectivity index (χ1n) is 7.62. The Bertz CT molecular complexity index is 502. The summed E-state index contributed by atoms with van der Waals surface area (Å²) < 4.78 is 0. The van der Waals surface area contributed by atoms with Crippen molar-refractivity contribution in [2.24, 2.45) is 11.8 Å². The van der Waals surface area contributed by atoms with E-state index in [4.69, 9.17) is 0 Å². The molecule has 0 spiro atoms. The van der Waals surface area contributed by atoms with Crippen LogP contribution in [0.3, 0.4) is 0 Å². The number of nitro groups is 1. The molecule has 6 heteroatoms. The molecule has 2 saturated carbocycles. The van der Waals surface area contributed by atoms with Gasteiger partial charge in [-0.05, 0) is 43.6 Å². The molecule has 0 aromatic carbocycles. The van der Waals surface area contributed by atoms with E-state index in [0.717, 1.165) is 13.1 Å². The van der Waals surface area contributed by atoms with Crippen LogP contribution in [0.1, 0.15) is 25.7 Å². The van der Waals surface area contributed by atoms with Crippen LogP contribution in [0.15, 0.2) is 12.3 Å². The highest BCUT2D eigenvalue weighted by molar-refractivity contribution is 5.74. The van der Waals surface area contributed by atoms with Crippen molar-refractivity contribution in [3.63, 3.8) is 0 Å². The van der Waals surface area contributed by atoms with Crippen molar-refractivity contribution >= 4 is 17.2 Å². The molecule has 114 valence electrons. The lowest BCUT2D eigenvalue weighted by Crippen LogP contribution is -2.25. The van der Waals surface area contributed by atoms with Gasteiger partial charge in [-0.3, -0.25) is 10.1 Å². The van der Waals surface area contributed by atoms with Gasteiger partial charge in [0.1, 0.15) is 5.69 Å². The van der Waals surface area contributed by atoms with Gasteiger partial charge in [-0.1, -0.05) is 0 Å². The van der Waals surface area contributed by atoms with Gasteiger partial charge >= 0.3 is 5.69 Å². The summed E-state index contributed by atoms with van der Waals surface area (Å²) in [5.41, 5.74) is 0.823. The van der Waals surface area contributed by atoms with Gasteiger partial charge in [0, 0.05) is 33.4 Å². The number of anilines is 2. The highest BCUT2D eigenvalue weighted by Gasteiger charge is 2.31. The van der Waals surface area contributed by atoms with Gasteiger partial charge in [-0.15, -0.1) is 0 Å². The second-order valence-electron chi connectivity index (χ2n) is 6.41. The average Bonchev–Trinajstić information content (AvgIpc) is 3.33. The summed E-state index contributed by atoms with van der Waals surface area (Å²) in [7, 11) is 3.84. The van der Waals surface area contributed by atoms with E-state index in [-0.39, 0.29) is 10.6 Å². The Balaban J connectivity index is 1.88. The summed E-state index contributed by atoms with van der Waals surface area (Å²) in [6.07, 6.45) is 6.60. The van der Waals surface area contributed by atoms with E-state index in [1.54, 1.807) is 12.3 Å². The largest absolute Gasteiger partial charge is 0.369 e. The van der Waals surface area contributed by atoms with E-state index < -0.39 is 0 Å². The van der Waals surface area contributed by atoms with Crippen LogP contribution in [0.2, 0.25) is 0 Å². The first-order chi connectivity index (χ1) is 10.1. The highest BCUT2D eigenvalue weighted by atomic mass is 16.6. The molecule has 0 amide bonds. The molecule has 2 aliphatic carbocycles. The normalized spacial score (nSPS) is 17.6. The van der Waals surface area contributed by atoms with Gasteiger partial charge in [0.25, 0.3) is 0 Å². The Morgan fingerprint density at radius 2 is 1.76 bits per heavy atom. The molecule has 0 unspecified atom stereocenters. The molecule has 0 radical (unpaired) electrons. The molecule has 1 aromatic rings. The molecule has 21 heavy (non-hydrogen) atoms. The number of hydrogen-bond acceptors (Lipinski definition) is 5. The summed E-state index contributed by atoms with van der Waals surface area (Å²) in [5.74, 6) is 1.85. The summed E-state index contributed by atoms with van der Waals surface area (Å²) in [6.45, 7) is 1.74. The standard InChI is InChI=1S/C15H22N4O2/c1-17(9-11-3-4-11)13-7-8-16-15(14(13)19(20)21)18(2)10-12-5-6-12/h7-8,11-12H,3-6,9-10H2,1-2H3. The molecule has 2 fully saturated rings. The molecule has 1 aromatic heterocycles. The van der Waals surface area contributed by atoms with Gasteiger partial charge < -0.3 is 9.80 Å². The predicted octanol–water partition coefficient (Wildman–Crippen LogP) is 2.68. The SMILES string of the molecule is CN(CC1CC1)c1ccnc(N(C)CC2CC2)c1[N+](=O)[O-]. The van der Waals surface area contributed by atoms with Crippen LogP contribution in [0, 0.1) is 22.0 Å². The third kappa shape index (κ3) is 3.25. The predicted molar refractivity (Wildman–Crippen MR) is 82.9 cm³/mol. The maximum absolute atomic E-state index is 11.6. The number of rotatable bonds is 7. The third-order valence-corrected chi connectivity index (χ3v) is 4.30. The first kappa shape index (κ1) is 14.1. The van der Waals surface area contributed by atoms with Crippen LogP contribution < -0.4 is 9.80 Å². The Labute approximate surface area is 124 Å². The maximum atomic E-state index is 11.6. The fraction of sp³-hybridized carbons (Fsp3) is 0.667. The molecule has 0 bridgehead atoms. The third-order valence-electron chi connectivity index (χ3n) is 4.30. The minimum atomic E-state index is -0.287. The van der Waals surface area contributed by atoms with Crippen molar-refractivity contribution in [3.05, 3.63) is 22.4 Å². The Morgan fingerprint density at radius 3 is 2.29 bits per heavy atom. The van der Waals surface area contributed by atoms with Crippen molar-refractivity contribution in [1.82, 2.24) is 4.98 Å². The van der Waals surface area contributed by atoms with E-state index >= 15 is 0 Å². The number of aromatic nitrogens is 1. The molecule has 6 nitrogen and oxygen atoms in total. The number of hydrogen-bond donors (Lipinski definition) is 0. The zero-order valence-corrected chi connectivity index (χ0v) is 12.7. The van der Waals surface area contributed by atoms with E-state index in [0.29, 0.717) is 23.3 Å². The van der Waals surface area contributed by atoms with Gasteiger partial charge in [0.15, 0.2) is 0 Å². The molecule has 3 rings (SSSR count). The number of pyridine rings is 1. The molecule has 0 N–H and O–H groups in total. The van der Waals surface area contributed by atoms with Gasteiger partial charge in [-0.2, -0.15) is 0 Å². The molecule has 1 heterocycles. The Kier molecular flexibility index (Phi) is 3.69. The van der Waals surface area contributed by atoms with Crippen LogP contribution in [0.4, 0.5) is 17.2 Å². The van der Waals surface area contributed by atoms with Gasteiger partial charge in [-0.25, -0.2) is 4.98 Å². The van der Waals surface area contributed by atoms with Gasteiger partial charge in [0.05, 0.1) is 4.92 Å². The van der Waals surface area contributed by atoms with Crippen LogP contribution >= 0.6 is 0 Å². The molecular formula is C15H22N4O2. The second-order valence-corrected chi connectivity index (χ2v) is 6.41. The lowest BCUT2D eigenvalue weighted by Gasteiger charge is -2.23. The van der Waals surface area contributed by atoms with E-state index in [2.05, 4.69) is 4.98 Å². The molecular weight excluding hydrogens is 268 g/mol. The highest BCUT2D eigenvalue weighted by Crippen LogP contribution is 2.39. The fourth-order valence-electron chi connectivity index (χ4n) is 2.76. The summed E-state index contributed by atoms with van der Waals surface area (Å²) in [5, 5.41) is 11.6. The first-order valence-corrected chi connectivity index (χ1v) is 7.62. The Morgan fingerprint density at radius 1 is 1.19 bits per heavy atom. The zero-order valence-electron chi connectivity index (χ0n) is 12.7. The summed E-state index contributed by atoms with van der Waals surface area (Å²) in [6, 6.07) is 1.76. The van der Waals surface area contributed by atoms with Crippen LogP contribution in [-0.2, 0) is 0 Å². The lowest BCUT2D eigenvalue weighted by molar-refractivity contribution is -0.383. The summed E-state index contributed by atoms with van der Waals surface area (Å²) in [4.78, 5) is 19.5. The van der Waals surface area contributed by atoms with E-state index in [1.165, 1.54) is 25.7 Å². The topological polar surface area (TPSA) is 62.5 Å². The molecule has 0 saturated heterocycles. The quantitative estimate of drug-likeness (QED) is 0.570. The fourth-order valence-corrected chi connectivity index (χ4v) is 2.76. The molecule has 2 aliphatic rings. The van der Waals surface area contributed by atoms with E-state index in [1.807, 2.05) is 23.9 Å². The Hall–Kier alpha value is -1.85. The smallest absolute Gasteiger partial charge is 0.334 e. The van der Waals surface area contributed by atoms with Crippen molar-refractivity contribution in [3.8, 4) is 0 Å². The minimum Gasteiger partial charge on any atom is -0.369 e. The van der Waals surface area contributed by atoms with Crippen LogP contribution in [0.25, 0.3) is 0 Å². The maximum Gasteiger partial charge on any atom is 0.334 e. The van der Waals surface area contributed by atoms with Gasteiger partial charge in [0.2, 0.25) is 5.82 Å². The van der Waals surface area contributed by atoms with Crippen LogP contribution in [-0.4, -0.2) is 37.1 Å². The molecule has 0 atom stereocenters. The van der Waals surface area contributed by atoms with E-state index in [9.17, 15) is 10.1 Å². The van der Waals surface area contributed by atoms with Crippen molar-refractivity contribution in [2.75, 3.05) is 37.0 Å². The number of nitrogens with zero attached hydrogens (tertiary/aromatic N) is 4. The monoisotopic (exact) mass is 290 g/mol. The van der Waals surface area contributed by atoms with Crippen molar-refractivity contribution in [1.29, 1.82) is 0 Å². The molecule has 0 aliphatic heterocycles. The van der Waals surface area contributed by atoms with Crippen molar-refractivity contribution in [2.45, 2.75) is 25.7 Å². The zero-order chi connectivity index (χ0) is 15.0.